The number of aliphatic hydroxyl groups is 1. The minimum Gasteiger partial charge on any atom is -0.391 e. The number of ether oxygens (including phenoxy) is 1. The molecule has 2 unspecified atom stereocenters. The molecule has 0 amide bonds. The van der Waals surface area contributed by atoms with Crippen LogP contribution in [0, 0.1) is 22.7 Å². The summed E-state index contributed by atoms with van der Waals surface area (Å²) in [6.45, 7) is 1.37. The molecule has 1 heterocycles. The van der Waals surface area contributed by atoms with Crippen LogP contribution in [0.15, 0.2) is 0 Å². The molecule has 14 heavy (non-hydrogen) atoms. The number of nitriles is 1. The molecule has 3 heteroatoms. The first kappa shape index (κ1) is 9.95. The number of hydrogen-bond donors (Lipinski definition) is 1. The quantitative estimate of drug-likeness (QED) is 0.726. The number of rotatable bonds is 2. The van der Waals surface area contributed by atoms with E-state index in [9.17, 15) is 10.4 Å². The maximum absolute atomic E-state index is 10.2. The summed E-state index contributed by atoms with van der Waals surface area (Å²) in [5.74, 6) is 0.188. The minimum absolute atomic E-state index is 0.188. The number of aliphatic hydroxyl groups excluding tert-OH is 1. The van der Waals surface area contributed by atoms with E-state index in [-0.39, 0.29) is 5.92 Å². The van der Waals surface area contributed by atoms with Crippen molar-refractivity contribution >= 4 is 0 Å². The van der Waals surface area contributed by atoms with E-state index < -0.39 is 11.5 Å². The molecule has 2 fully saturated rings. The fraction of sp³-hybridized carbons (Fsp3) is 0.909. The zero-order valence-electron chi connectivity index (χ0n) is 8.41. The normalized spacial score (nSPS) is 32.7. The molecule has 0 aromatic rings. The van der Waals surface area contributed by atoms with Gasteiger partial charge in [0.15, 0.2) is 0 Å². The van der Waals surface area contributed by atoms with E-state index in [4.69, 9.17) is 4.74 Å². The first-order chi connectivity index (χ1) is 6.78. The lowest BCUT2D eigenvalue weighted by Crippen LogP contribution is -2.37. The second kappa shape index (κ2) is 3.88. The Hall–Kier alpha value is -0.590. The Bertz CT molecular complexity index is 234. The second-order valence-electron chi connectivity index (χ2n) is 4.54. The molecular weight excluding hydrogens is 178 g/mol. The van der Waals surface area contributed by atoms with E-state index in [1.807, 2.05) is 0 Å². The molecule has 0 radical (unpaired) electrons. The highest BCUT2D eigenvalue weighted by atomic mass is 16.5. The Kier molecular flexibility index (Phi) is 2.76. The summed E-state index contributed by atoms with van der Waals surface area (Å²) in [6.07, 6.45) is 4.32. The van der Waals surface area contributed by atoms with Gasteiger partial charge in [-0.3, -0.25) is 0 Å². The summed E-state index contributed by atoms with van der Waals surface area (Å²) in [4.78, 5) is 0. The van der Waals surface area contributed by atoms with Crippen LogP contribution in [-0.4, -0.2) is 24.4 Å². The van der Waals surface area contributed by atoms with Crippen molar-refractivity contribution in [3.8, 4) is 6.07 Å². The van der Waals surface area contributed by atoms with Gasteiger partial charge in [0.2, 0.25) is 0 Å². The summed E-state index contributed by atoms with van der Waals surface area (Å²) >= 11 is 0. The van der Waals surface area contributed by atoms with Crippen molar-refractivity contribution in [2.75, 3.05) is 13.2 Å². The van der Waals surface area contributed by atoms with E-state index in [2.05, 4.69) is 6.07 Å². The van der Waals surface area contributed by atoms with Crippen LogP contribution in [0.5, 0.6) is 0 Å². The lowest BCUT2D eigenvalue weighted by molar-refractivity contribution is 0.0117. The maximum Gasteiger partial charge on any atom is 0.0835 e. The highest BCUT2D eigenvalue weighted by Gasteiger charge is 2.45. The topological polar surface area (TPSA) is 53.2 Å². The molecule has 0 aromatic carbocycles. The first-order valence-electron chi connectivity index (χ1n) is 5.45. The summed E-state index contributed by atoms with van der Waals surface area (Å²) in [5, 5.41) is 19.4. The zero-order chi connectivity index (χ0) is 10.0. The number of hydrogen-bond acceptors (Lipinski definition) is 3. The smallest absolute Gasteiger partial charge is 0.0835 e. The van der Waals surface area contributed by atoms with Gasteiger partial charge < -0.3 is 9.84 Å². The van der Waals surface area contributed by atoms with Gasteiger partial charge in [-0.25, -0.2) is 0 Å². The van der Waals surface area contributed by atoms with Crippen LogP contribution in [0.3, 0.4) is 0 Å². The highest BCUT2D eigenvalue weighted by molar-refractivity contribution is 5.08. The van der Waals surface area contributed by atoms with Gasteiger partial charge in [-0.15, -0.1) is 0 Å². The SMILES string of the molecule is N#CC1(C(O)C2CCOC2)CCCC1. The largest absolute Gasteiger partial charge is 0.391 e. The third kappa shape index (κ3) is 1.53. The van der Waals surface area contributed by atoms with E-state index >= 15 is 0 Å². The monoisotopic (exact) mass is 195 g/mol. The fourth-order valence-corrected chi connectivity index (χ4v) is 2.73. The molecule has 0 aromatic heterocycles. The summed E-state index contributed by atoms with van der Waals surface area (Å²) in [5.41, 5.74) is -0.460. The molecule has 1 aliphatic carbocycles. The number of nitrogens with zero attached hydrogens (tertiary/aromatic N) is 1. The van der Waals surface area contributed by atoms with Crippen LogP contribution in [0.1, 0.15) is 32.1 Å². The summed E-state index contributed by atoms with van der Waals surface area (Å²) in [6, 6.07) is 2.35. The summed E-state index contributed by atoms with van der Waals surface area (Å²) < 4.78 is 5.26. The molecule has 1 saturated heterocycles. The minimum atomic E-state index is -0.475. The maximum atomic E-state index is 10.2. The van der Waals surface area contributed by atoms with Crippen molar-refractivity contribution in [2.24, 2.45) is 11.3 Å². The molecule has 0 bridgehead atoms. The molecule has 78 valence electrons. The van der Waals surface area contributed by atoms with Crippen LogP contribution < -0.4 is 0 Å². The average molecular weight is 195 g/mol. The van der Waals surface area contributed by atoms with Gasteiger partial charge >= 0.3 is 0 Å². The van der Waals surface area contributed by atoms with Crippen molar-refractivity contribution in [3.05, 3.63) is 0 Å². The van der Waals surface area contributed by atoms with Gasteiger partial charge in [0.25, 0.3) is 0 Å². The van der Waals surface area contributed by atoms with Crippen LogP contribution in [0.4, 0.5) is 0 Å². The predicted octanol–water partition coefficient (Wildman–Crippen LogP) is 1.47. The van der Waals surface area contributed by atoms with Crippen molar-refractivity contribution in [1.82, 2.24) is 0 Å². The molecule has 1 saturated carbocycles. The molecule has 0 spiro atoms. The van der Waals surface area contributed by atoms with Crippen molar-refractivity contribution in [1.29, 1.82) is 5.26 Å². The lowest BCUT2D eigenvalue weighted by atomic mass is 9.76. The second-order valence-corrected chi connectivity index (χ2v) is 4.54. The first-order valence-corrected chi connectivity index (χ1v) is 5.45. The lowest BCUT2D eigenvalue weighted by Gasteiger charge is -2.30. The van der Waals surface area contributed by atoms with Gasteiger partial charge in [-0.05, 0) is 19.3 Å². The van der Waals surface area contributed by atoms with Gasteiger partial charge in [0.1, 0.15) is 0 Å². The van der Waals surface area contributed by atoms with Crippen molar-refractivity contribution in [2.45, 2.75) is 38.2 Å². The van der Waals surface area contributed by atoms with E-state index in [0.29, 0.717) is 6.61 Å². The van der Waals surface area contributed by atoms with Gasteiger partial charge in [-0.1, -0.05) is 12.8 Å². The molecule has 2 rings (SSSR count). The Labute approximate surface area is 84.7 Å². The highest BCUT2D eigenvalue weighted by Crippen LogP contribution is 2.44. The van der Waals surface area contributed by atoms with E-state index in [1.54, 1.807) is 0 Å². The Morgan fingerprint density at radius 2 is 2.14 bits per heavy atom. The Morgan fingerprint density at radius 3 is 2.64 bits per heavy atom. The van der Waals surface area contributed by atoms with E-state index in [1.165, 1.54) is 0 Å². The summed E-state index contributed by atoms with van der Waals surface area (Å²) in [7, 11) is 0. The third-order valence-corrected chi connectivity index (χ3v) is 3.70. The van der Waals surface area contributed by atoms with Gasteiger partial charge in [0.05, 0.1) is 24.2 Å². The molecular formula is C11H17NO2. The van der Waals surface area contributed by atoms with Crippen molar-refractivity contribution < 1.29 is 9.84 Å². The zero-order valence-corrected chi connectivity index (χ0v) is 8.41. The van der Waals surface area contributed by atoms with Gasteiger partial charge in [0, 0.05) is 12.5 Å². The fourth-order valence-electron chi connectivity index (χ4n) is 2.73. The Balaban J connectivity index is 2.07. The van der Waals surface area contributed by atoms with Crippen LogP contribution >= 0.6 is 0 Å². The van der Waals surface area contributed by atoms with Crippen LogP contribution in [0.2, 0.25) is 0 Å². The van der Waals surface area contributed by atoms with Crippen LogP contribution in [0.25, 0.3) is 0 Å². The molecule has 1 N–H and O–H groups in total. The van der Waals surface area contributed by atoms with Gasteiger partial charge in [-0.2, -0.15) is 5.26 Å². The standard InChI is InChI=1S/C11H17NO2/c12-8-11(4-1-2-5-11)10(13)9-3-6-14-7-9/h9-10,13H,1-7H2. The van der Waals surface area contributed by atoms with E-state index in [0.717, 1.165) is 38.7 Å². The molecule has 3 nitrogen and oxygen atoms in total. The molecule has 1 aliphatic heterocycles. The average Bonchev–Trinajstić information content (AvgIpc) is 2.89. The Morgan fingerprint density at radius 1 is 1.43 bits per heavy atom. The van der Waals surface area contributed by atoms with Crippen molar-refractivity contribution in [3.63, 3.8) is 0 Å². The predicted molar refractivity (Wildman–Crippen MR) is 51.4 cm³/mol. The third-order valence-electron chi connectivity index (χ3n) is 3.70. The molecule has 2 atom stereocenters. The molecule has 2 aliphatic rings. The van der Waals surface area contributed by atoms with Crippen LogP contribution in [-0.2, 0) is 4.74 Å².